The second-order valence-electron chi connectivity index (χ2n) is 7.61. The summed E-state index contributed by atoms with van der Waals surface area (Å²) in [5.41, 5.74) is 2.83. The summed E-state index contributed by atoms with van der Waals surface area (Å²) in [7, 11) is 0. The maximum atomic E-state index is 4.91. The molecular weight excluding hydrogens is 354 g/mol. The quantitative estimate of drug-likeness (QED) is 0.696. The van der Waals surface area contributed by atoms with Crippen LogP contribution in [0.5, 0.6) is 0 Å². The van der Waals surface area contributed by atoms with Crippen LogP contribution in [0.15, 0.2) is 24.5 Å². The van der Waals surface area contributed by atoms with Gasteiger partial charge in [-0.15, -0.1) is 11.3 Å². The first kappa shape index (κ1) is 17.1. The van der Waals surface area contributed by atoms with Gasteiger partial charge in [-0.25, -0.2) is 9.97 Å². The van der Waals surface area contributed by atoms with Gasteiger partial charge in [0.1, 0.15) is 16.5 Å². The van der Waals surface area contributed by atoms with Crippen molar-refractivity contribution >= 4 is 27.4 Å². The highest BCUT2D eigenvalue weighted by Gasteiger charge is 2.25. The lowest BCUT2D eigenvalue weighted by Gasteiger charge is -2.36. The van der Waals surface area contributed by atoms with E-state index < -0.39 is 0 Å². The van der Waals surface area contributed by atoms with Crippen molar-refractivity contribution in [1.82, 2.24) is 19.9 Å². The monoisotopic (exact) mass is 379 g/mol. The molecule has 5 nitrogen and oxygen atoms in total. The maximum absolute atomic E-state index is 4.91. The SMILES string of the molecule is Cc1nc(N2CCN(Cc3cccnc3)CC2)c2c3c(sc2n1)CCCC3. The van der Waals surface area contributed by atoms with Crippen molar-refractivity contribution in [3.63, 3.8) is 0 Å². The zero-order chi connectivity index (χ0) is 18.2. The number of aryl methyl sites for hydroxylation is 3. The van der Waals surface area contributed by atoms with Gasteiger partial charge in [-0.2, -0.15) is 0 Å². The maximum Gasteiger partial charge on any atom is 0.141 e. The van der Waals surface area contributed by atoms with Gasteiger partial charge in [0.2, 0.25) is 0 Å². The Labute approximate surface area is 164 Å². The molecule has 3 aromatic heterocycles. The van der Waals surface area contributed by atoms with Gasteiger partial charge < -0.3 is 4.90 Å². The highest BCUT2D eigenvalue weighted by atomic mass is 32.1. The lowest BCUT2D eigenvalue weighted by molar-refractivity contribution is 0.249. The molecule has 0 unspecified atom stereocenters. The summed E-state index contributed by atoms with van der Waals surface area (Å²) in [5, 5.41) is 1.35. The molecule has 2 aliphatic rings. The molecule has 0 saturated carbocycles. The van der Waals surface area contributed by atoms with Crippen LogP contribution in [0, 0.1) is 6.92 Å². The first-order chi connectivity index (χ1) is 13.3. The minimum Gasteiger partial charge on any atom is -0.353 e. The number of hydrogen-bond donors (Lipinski definition) is 0. The van der Waals surface area contributed by atoms with Gasteiger partial charge in [0.15, 0.2) is 0 Å². The minimum absolute atomic E-state index is 0.897. The number of hydrogen-bond acceptors (Lipinski definition) is 6. The average Bonchev–Trinajstić information content (AvgIpc) is 3.07. The first-order valence-corrected chi connectivity index (χ1v) is 10.7. The zero-order valence-corrected chi connectivity index (χ0v) is 16.6. The zero-order valence-electron chi connectivity index (χ0n) is 15.8. The smallest absolute Gasteiger partial charge is 0.141 e. The van der Waals surface area contributed by atoms with Crippen molar-refractivity contribution in [1.29, 1.82) is 0 Å². The first-order valence-electron chi connectivity index (χ1n) is 9.93. The molecule has 6 heteroatoms. The Kier molecular flexibility index (Phi) is 4.53. The third kappa shape index (κ3) is 3.32. The van der Waals surface area contributed by atoms with Gasteiger partial charge in [0.25, 0.3) is 0 Å². The van der Waals surface area contributed by atoms with Gasteiger partial charge in [0.05, 0.1) is 5.39 Å². The summed E-state index contributed by atoms with van der Waals surface area (Å²) in [6, 6.07) is 4.18. The Morgan fingerprint density at radius 1 is 1.07 bits per heavy atom. The lowest BCUT2D eigenvalue weighted by atomic mass is 9.97. The fraction of sp³-hybridized carbons (Fsp3) is 0.476. The van der Waals surface area contributed by atoms with E-state index in [1.54, 1.807) is 4.88 Å². The van der Waals surface area contributed by atoms with Crippen molar-refractivity contribution in [2.45, 2.75) is 39.2 Å². The van der Waals surface area contributed by atoms with E-state index in [0.29, 0.717) is 0 Å². The number of rotatable bonds is 3. The second kappa shape index (κ2) is 7.17. The van der Waals surface area contributed by atoms with E-state index in [2.05, 4.69) is 20.9 Å². The predicted octanol–water partition coefficient (Wildman–Crippen LogP) is 3.60. The van der Waals surface area contributed by atoms with Crippen molar-refractivity contribution in [2.24, 2.45) is 0 Å². The molecule has 0 aromatic carbocycles. The molecule has 0 atom stereocenters. The molecule has 140 valence electrons. The average molecular weight is 380 g/mol. The van der Waals surface area contributed by atoms with Gasteiger partial charge in [-0.1, -0.05) is 6.07 Å². The van der Waals surface area contributed by atoms with E-state index in [1.807, 2.05) is 36.7 Å². The number of piperazine rings is 1. The van der Waals surface area contributed by atoms with Crippen molar-refractivity contribution < 1.29 is 0 Å². The lowest BCUT2D eigenvalue weighted by Crippen LogP contribution is -2.46. The molecule has 1 saturated heterocycles. The number of anilines is 1. The Morgan fingerprint density at radius 2 is 1.93 bits per heavy atom. The largest absolute Gasteiger partial charge is 0.353 e. The Hall–Kier alpha value is -2.05. The summed E-state index contributed by atoms with van der Waals surface area (Å²) in [6.07, 6.45) is 8.83. The predicted molar refractivity (Wildman–Crippen MR) is 111 cm³/mol. The molecule has 0 spiro atoms. The number of fused-ring (bicyclic) bond motifs is 3. The fourth-order valence-electron chi connectivity index (χ4n) is 4.34. The molecule has 0 bridgehead atoms. The molecule has 0 N–H and O–H groups in total. The number of aromatic nitrogens is 3. The topological polar surface area (TPSA) is 45.2 Å². The standard InChI is InChI=1S/C21H25N5S/c1-15-23-20(19-17-6-2-3-7-18(17)27-21(19)24-15)26-11-9-25(10-12-26)14-16-5-4-8-22-13-16/h4-5,8,13H,2-3,6-7,9-12,14H2,1H3. The molecular formula is C21H25N5S. The van der Waals surface area contributed by atoms with Crippen LogP contribution < -0.4 is 4.90 Å². The molecule has 27 heavy (non-hydrogen) atoms. The van der Waals surface area contributed by atoms with Crippen LogP contribution in [0.4, 0.5) is 5.82 Å². The van der Waals surface area contributed by atoms with Crippen LogP contribution in [-0.2, 0) is 19.4 Å². The fourth-order valence-corrected chi connectivity index (χ4v) is 5.64. The van der Waals surface area contributed by atoms with Gasteiger partial charge in [-0.3, -0.25) is 9.88 Å². The molecule has 0 amide bonds. The van der Waals surface area contributed by atoms with Gasteiger partial charge >= 0.3 is 0 Å². The summed E-state index contributed by atoms with van der Waals surface area (Å²) >= 11 is 1.90. The van der Waals surface area contributed by atoms with Gasteiger partial charge in [-0.05, 0) is 49.8 Å². The summed E-state index contributed by atoms with van der Waals surface area (Å²) < 4.78 is 0. The van der Waals surface area contributed by atoms with Gasteiger partial charge in [0, 0.05) is 50.0 Å². The summed E-state index contributed by atoms with van der Waals surface area (Å²) in [5.74, 6) is 2.08. The summed E-state index contributed by atoms with van der Waals surface area (Å²) in [6.45, 7) is 7.18. The number of thiophene rings is 1. The number of pyridine rings is 1. The molecule has 1 fully saturated rings. The van der Waals surface area contributed by atoms with E-state index in [4.69, 9.17) is 9.97 Å². The summed E-state index contributed by atoms with van der Waals surface area (Å²) in [4.78, 5) is 21.7. The van der Waals surface area contributed by atoms with E-state index in [0.717, 1.165) is 38.5 Å². The second-order valence-corrected chi connectivity index (χ2v) is 8.69. The van der Waals surface area contributed by atoms with E-state index in [9.17, 15) is 0 Å². The Balaban J connectivity index is 1.39. The molecule has 1 aliphatic heterocycles. The third-order valence-corrected chi connectivity index (χ3v) is 6.89. The van der Waals surface area contributed by atoms with Crippen molar-refractivity contribution in [2.75, 3.05) is 31.1 Å². The highest BCUT2D eigenvalue weighted by molar-refractivity contribution is 7.19. The Bertz CT molecular complexity index is 944. The van der Waals surface area contributed by atoms with Crippen LogP contribution in [0.25, 0.3) is 10.2 Å². The molecule has 1 aliphatic carbocycles. The molecule has 0 radical (unpaired) electrons. The van der Waals surface area contributed by atoms with E-state index >= 15 is 0 Å². The molecule has 5 rings (SSSR count). The van der Waals surface area contributed by atoms with Crippen molar-refractivity contribution in [3.8, 4) is 0 Å². The van der Waals surface area contributed by atoms with E-state index in [-0.39, 0.29) is 0 Å². The highest BCUT2D eigenvalue weighted by Crippen LogP contribution is 2.39. The molecule has 3 aromatic rings. The van der Waals surface area contributed by atoms with E-state index in [1.165, 1.54) is 52.8 Å². The van der Waals surface area contributed by atoms with Crippen LogP contribution in [0.2, 0.25) is 0 Å². The van der Waals surface area contributed by atoms with Crippen molar-refractivity contribution in [3.05, 3.63) is 46.4 Å². The van der Waals surface area contributed by atoms with Crippen LogP contribution >= 0.6 is 11.3 Å². The van der Waals surface area contributed by atoms with Crippen LogP contribution in [-0.4, -0.2) is 46.0 Å². The third-order valence-electron chi connectivity index (χ3n) is 5.71. The van der Waals surface area contributed by atoms with Crippen LogP contribution in [0.1, 0.15) is 34.7 Å². The van der Waals surface area contributed by atoms with Crippen LogP contribution in [0.3, 0.4) is 0 Å². The normalized spacial score (nSPS) is 18.0. The molecule has 4 heterocycles. The minimum atomic E-state index is 0.897. The number of nitrogens with zero attached hydrogens (tertiary/aromatic N) is 5. The Morgan fingerprint density at radius 3 is 2.74 bits per heavy atom.